The van der Waals surface area contributed by atoms with Gasteiger partial charge >= 0.3 is 13.7 Å². The highest BCUT2D eigenvalue weighted by Crippen LogP contribution is 2.52. The number of hydrogen-bond acceptors (Lipinski definition) is 13. The molecule has 0 amide bonds. The van der Waals surface area contributed by atoms with E-state index in [0.29, 0.717) is 29.6 Å². The molecule has 2 aromatic carbocycles. The van der Waals surface area contributed by atoms with Crippen molar-refractivity contribution in [3.8, 4) is 11.6 Å². The van der Waals surface area contributed by atoms with Gasteiger partial charge in [0, 0.05) is 11.8 Å². The number of methoxy groups -OCH3 is 1. The molecule has 2 aliphatic heterocycles. The van der Waals surface area contributed by atoms with Crippen molar-refractivity contribution in [3.63, 3.8) is 0 Å². The number of ether oxygens (including phenoxy) is 4. The topological polar surface area (TPSA) is 191 Å². The number of carbonyl (C=O) groups excluding carboxylic acids is 1. The van der Waals surface area contributed by atoms with Crippen LogP contribution >= 0.6 is 7.75 Å². The second kappa shape index (κ2) is 12.6. The number of nitrogens with one attached hydrogen (secondary N) is 1. The minimum absolute atomic E-state index is 0.0362. The molecule has 0 aliphatic carbocycles. The molecule has 15 nitrogen and oxygen atoms in total. The molecule has 1 spiro atoms. The first-order chi connectivity index (χ1) is 22.3. The van der Waals surface area contributed by atoms with Gasteiger partial charge in [-0.2, -0.15) is 15.1 Å². The zero-order valence-electron chi connectivity index (χ0n) is 26.8. The van der Waals surface area contributed by atoms with Crippen molar-refractivity contribution in [3.05, 3.63) is 48.8 Å². The molecule has 4 heterocycles. The van der Waals surface area contributed by atoms with Crippen LogP contribution in [0, 0.1) is 5.41 Å². The van der Waals surface area contributed by atoms with Gasteiger partial charge in [0.1, 0.15) is 29.6 Å². The first kappa shape index (κ1) is 33.1. The third-order valence-corrected chi connectivity index (χ3v) is 9.65. The van der Waals surface area contributed by atoms with Gasteiger partial charge in [-0.25, -0.2) is 9.55 Å². The molecule has 2 aromatic heterocycles. The molecule has 6 atom stereocenters. The second-order valence-corrected chi connectivity index (χ2v) is 14.5. The van der Waals surface area contributed by atoms with Crippen LogP contribution in [0.3, 0.4) is 0 Å². The Hall–Kier alpha value is -3.85. The summed E-state index contributed by atoms with van der Waals surface area (Å²) in [5.74, 6) is -0.213. The minimum atomic E-state index is -4.32. The van der Waals surface area contributed by atoms with Gasteiger partial charge in [-0.15, -0.1) is 0 Å². The smallest absolute Gasteiger partial charge is 0.459 e. The van der Waals surface area contributed by atoms with Crippen LogP contribution in [-0.2, 0) is 28.1 Å². The van der Waals surface area contributed by atoms with Crippen LogP contribution in [-0.4, -0.2) is 81.4 Å². The Morgan fingerprint density at radius 2 is 1.98 bits per heavy atom. The Labute approximate surface area is 271 Å². The predicted octanol–water partition coefficient (Wildman–Crippen LogP) is 3.76. The molecule has 6 rings (SSSR count). The fraction of sp³-hybridized carbons (Fsp3) is 0.484. The number of carbonyl (C=O) groups is 1. The minimum Gasteiger partial charge on any atom is -0.479 e. The number of nitrogens with zero attached hydrogens (tertiary/aromatic N) is 4. The summed E-state index contributed by atoms with van der Waals surface area (Å²) in [4.78, 5) is 25.7. The monoisotopic (exact) mass is 670 g/mol. The van der Waals surface area contributed by atoms with Crippen molar-refractivity contribution in [2.45, 2.75) is 64.2 Å². The molecular formula is C31H39N6O9P. The zero-order valence-corrected chi connectivity index (χ0v) is 27.7. The molecule has 0 radical (unpaired) electrons. The third-order valence-electron chi connectivity index (χ3n) is 8.02. The van der Waals surface area contributed by atoms with Crippen molar-refractivity contribution in [1.82, 2.24) is 24.6 Å². The van der Waals surface area contributed by atoms with Crippen LogP contribution in [0.25, 0.3) is 21.9 Å². The van der Waals surface area contributed by atoms with Crippen molar-refractivity contribution in [1.29, 1.82) is 0 Å². The van der Waals surface area contributed by atoms with E-state index in [1.807, 2.05) is 51.1 Å². The number of aromatic nitrogens is 4. The van der Waals surface area contributed by atoms with E-state index in [-0.39, 0.29) is 29.6 Å². The zero-order chi connectivity index (χ0) is 33.6. The largest absolute Gasteiger partial charge is 0.479 e. The van der Waals surface area contributed by atoms with E-state index in [4.69, 9.17) is 33.7 Å². The lowest BCUT2D eigenvalue weighted by molar-refractivity contribution is -0.225. The quantitative estimate of drug-likeness (QED) is 0.154. The molecule has 252 valence electrons. The van der Waals surface area contributed by atoms with Gasteiger partial charge in [0.15, 0.2) is 17.4 Å². The van der Waals surface area contributed by atoms with Gasteiger partial charge in [-0.1, -0.05) is 57.2 Å². The van der Waals surface area contributed by atoms with Crippen molar-refractivity contribution in [2.24, 2.45) is 5.41 Å². The fourth-order valence-corrected chi connectivity index (χ4v) is 7.12. The van der Waals surface area contributed by atoms with Gasteiger partial charge in [0.25, 0.3) is 0 Å². The van der Waals surface area contributed by atoms with Gasteiger partial charge < -0.3 is 34.3 Å². The molecule has 2 saturated heterocycles. The number of imidazole rings is 1. The van der Waals surface area contributed by atoms with Crippen LogP contribution < -0.4 is 20.1 Å². The maximum absolute atomic E-state index is 14.5. The maximum atomic E-state index is 14.5. The van der Waals surface area contributed by atoms with Crippen molar-refractivity contribution >= 4 is 41.6 Å². The molecule has 2 fully saturated rings. The summed E-state index contributed by atoms with van der Waals surface area (Å²) in [6.45, 7) is 7.45. The number of nitrogen functional groups attached to an aromatic ring is 1. The van der Waals surface area contributed by atoms with E-state index in [1.165, 1.54) is 20.4 Å². The van der Waals surface area contributed by atoms with E-state index < -0.39 is 50.4 Å². The molecule has 0 bridgehead atoms. The van der Waals surface area contributed by atoms with Crippen LogP contribution in [0.4, 0.5) is 5.95 Å². The molecular weight excluding hydrogens is 631 g/mol. The second-order valence-electron chi connectivity index (χ2n) is 12.8. The number of benzene rings is 2. The van der Waals surface area contributed by atoms with Gasteiger partial charge in [-0.3, -0.25) is 13.9 Å². The molecule has 3 unspecified atom stereocenters. The number of aliphatic hydroxyl groups is 1. The van der Waals surface area contributed by atoms with Gasteiger partial charge in [0.2, 0.25) is 11.8 Å². The number of aliphatic hydroxyl groups excluding tert-OH is 1. The normalized spacial score (nSPS) is 24.6. The van der Waals surface area contributed by atoms with Crippen LogP contribution in [0.5, 0.6) is 11.6 Å². The highest BCUT2D eigenvalue weighted by Gasteiger charge is 2.62. The Morgan fingerprint density at radius 1 is 1.23 bits per heavy atom. The predicted molar refractivity (Wildman–Crippen MR) is 171 cm³/mol. The Balaban J connectivity index is 1.27. The standard InChI is InChI=1S/C31H39N6O9P/c1-18(27(39)42-16-30(2,3)4)36-47(40,46-21-12-8-10-19-9-6-7-11-20(19)21)44-15-22-24(38)31(13-14-43-31)28(45-22)37-17-33-23-25(37)34-29(32)35-26(23)41-5/h6-12,17-18,22,24,28,38H,13-16H2,1-5H3,(H,36,40)(H2,32,34,35)/t18-,22?,24+,28?,31+,47?/m0/s1. The third kappa shape index (κ3) is 6.51. The summed E-state index contributed by atoms with van der Waals surface area (Å²) in [5, 5.41) is 15.8. The number of nitrogens with two attached hydrogens (primary N) is 1. The van der Waals surface area contributed by atoms with E-state index in [2.05, 4.69) is 20.0 Å². The average molecular weight is 671 g/mol. The Morgan fingerprint density at radius 3 is 2.68 bits per heavy atom. The summed E-state index contributed by atoms with van der Waals surface area (Å²) in [6, 6.07) is 11.7. The fourth-order valence-electron chi connectivity index (χ4n) is 5.60. The first-order valence-electron chi connectivity index (χ1n) is 15.2. The molecule has 0 saturated carbocycles. The average Bonchev–Trinajstić information content (AvgIpc) is 3.56. The number of rotatable bonds is 11. The van der Waals surface area contributed by atoms with E-state index >= 15 is 0 Å². The summed E-state index contributed by atoms with van der Waals surface area (Å²) in [5.41, 5.74) is 5.14. The SMILES string of the molecule is COc1nc(N)nc2c1ncn2C1OC(COP(=O)(N[C@@H](C)C(=O)OCC(C)(C)C)Oc2cccc3ccccc23)[C@@H](O)[C@]12CCO2. The van der Waals surface area contributed by atoms with Crippen LogP contribution in [0.2, 0.25) is 0 Å². The van der Waals surface area contributed by atoms with Crippen molar-refractivity contribution < 1.29 is 42.5 Å². The van der Waals surface area contributed by atoms with Crippen molar-refractivity contribution in [2.75, 3.05) is 32.7 Å². The molecule has 4 aromatic rings. The van der Waals surface area contributed by atoms with E-state index in [9.17, 15) is 14.5 Å². The number of hydrogen-bond donors (Lipinski definition) is 3. The van der Waals surface area contributed by atoms with E-state index in [1.54, 1.807) is 16.7 Å². The summed E-state index contributed by atoms with van der Waals surface area (Å²) >= 11 is 0. The number of anilines is 1. The Bertz CT molecular complexity index is 1820. The van der Waals surface area contributed by atoms with Crippen LogP contribution in [0.15, 0.2) is 48.8 Å². The van der Waals surface area contributed by atoms with Gasteiger partial charge in [0.05, 0.1) is 33.3 Å². The lowest BCUT2D eigenvalue weighted by Crippen LogP contribution is -2.56. The highest BCUT2D eigenvalue weighted by molar-refractivity contribution is 7.52. The maximum Gasteiger partial charge on any atom is 0.459 e. The molecule has 47 heavy (non-hydrogen) atoms. The summed E-state index contributed by atoms with van der Waals surface area (Å²) < 4.78 is 51.1. The lowest BCUT2D eigenvalue weighted by atomic mass is 9.86. The lowest BCUT2D eigenvalue weighted by Gasteiger charge is -2.44. The molecule has 4 N–H and O–H groups in total. The summed E-state index contributed by atoms with van der Waals surface area (Å²) in [7, 11) is -2.88. The number of fused-ring (bicyclic) bond motifs is 2. The van der Waals surface area contributed by atoms with Crippen LogP contribution in [0.1, 0.15) is 40.3 Å². The highest BCUT2D eigenvalue weighted by atomic mass is 31.2. The van der Waals surface area contributed by atoms with E-state index in [0.717, 1.165) is 5.39 Å². The van der Waals surface area contributed by atoms with Gasteiger partial charge in [-0.05, 0) is 23.8 Å². The Kier molecular flexibility index (Phi) is 8.89. The number of esters is 1. The molecule has 2 aliphatic rings. The molecule has 16 heteroatoms. The summed E-state index contributed by atoms with van der Waals surface area (Å²) in [6.07, 6.45) is -1.22. The first-order valence-corrected chi connectivity index (χ1v) is 16.7.